The highest BCUT2D eigenvalue weighted by atomic mass is 127. The Balaban J connectivity index is 0.00000288. The number of nitrogens with zero attached hydrogens (tertiary/aromatic N) is 2. The molecule has 0 aliphatic carbocycles. The molecule has 0 bridgehead atoms. The van der Waals surface area contributed by atoms with E-state index in [0.29, 0.717) is 25.3 Å². The second kappa shape index (κ2) is 10.2. The summed E-state index contributed by atoms with van der Waals surface area (Å²) in [6, 6.07) is 9.91. The summed E-state index contributed by atoms with van der Waals surface area (Å²) in [5.74, 6) is -0.394. The fourth-order valence-corrected chi connectivity index (χ4v) is 2.10. The second-order valence-corrected chi connectivity index (χ2v) is 5.58. The summed E-state index contributed by atoms with van der Waals surface area (Å²) in [6.45, 7) is 6.61. The fraction of sp³-hybridized carbons (Fsp3) is 0.333. The van der Waals surface area contributed by atoms with Gasteiger partial charge in [-0.05, 0) is 12.5 Å². The molecule has 0 radical (unpaired) electrons. The van der Waals surface area contributed by atoms with Crippen LogP contribution in [0.15, 0.2) is 61.2 Å². The molecule has 1 heterocycles. The van der Waals surface area contributed by atoms with Crippen LogP contribution in [0.5, 0.6) is 0 Å². The minimum absolute atomic E-state index is 0. The summed E-state index contributed by atoms with van der Waals surface area (Å²) in [6.07, 6.45) is 5.43. The van der Waals surface area contributed by atoms with E-state index >= 15 is 0 Å². The third kappa shape index (κ3) is 6.84. The quantitative estimate of drug-likeness (QED) is 0.229. The number of carbonyl (C=O) groups is 1. The van der Waals surface area contributed by atoms with Crippen molar-refractivity contribution in [2.75, 3.05) is 6.61 Å². The Morgan fingerprint density at radius 3 is 2.62 bits per heavy atom. The van der Waals surface area contributed by atoms with Gasteiger partial charge in [0, 0.05) is 5.57 Å². The lowest BCUT2D eigenvalue weighted by atomic mass is 10.2. The van der Waals surface area contributed by atoms with E-state index in [9.17, 15) is 4.79 Å². The third-order valence-electron chi connectivity index (χ3n) is 3.28. The van der Waals surface area contributed by atoms with Crippen LogP contribution in [0, 0.1) is 0 Å². The summed E-state index contributed by atoms with van der Waals surface area (Å²) in [5.41, 5.74) is 1.47. The van der Waals surface area contributed by atoms with Crippen LogP contribution in [-0.2, 0) is 34.5 Å². The Morgan fingerprint density at radius 2 is 2.04 bits per heavy atom. The molecule has 24 heavy (non-hydrogen) atoms. The van der Waals surface area contributed by atoms with Crippen molar-refractivity contribution in [1.29, 1.82) is 0 Å². The zero-order valence-electron chi connectivity index (χ0n) is 14.0. The number of aryl methyl sites for hydroxylation is 1. The second-order valence-electron chi connectivity index (χ2n) is 5.58. The van der Waals surface area contributed by atoms with Crippen LogP contribution in [0.25, 0.3) is 0 Å². The number of imidazole rings is 1. The molecule has 0 saturated heterocycles. The van der Waals surface area contributed by atoms with Crippen LogP contribution < -0.4 is 28.5 Å². The predicted octanol–water partition coefficient (Wildman–Crippen LogP) is -0.979. The zero-order chi connectivity index (χ0) is 16.7. The highest BCUT2D eigenvalue weighted by Crippen LogP contribution is 2.06. The van der Waals surface area contributed by atoms with Crippen molar-refractivity contribution in [3.05, 3.63) is 66.8 Å². The number of esters is 1. The lowest BCUT2D eigenvalue weighted by Gasteiger charge is -2.16. The number of rotatable bonds is 8. The van der Waals surface area contributed by atoms with Gasteiger partial charge in [-0.2, -0.15) is 0 Å². The van der Waals surface area contributed by atoms with Crippen LogP contribution in [-0.4, -0.2) is 23.2 Å². The lowest BCUT2D eigenvalue weighted by Crippen LogP contribution is -3.00. The number of benzene rings is 1. The molecule has 1 unspecified atom stereocenters. The third-order valence-corrected chi connectivity index (χ3v) is 3.28. The molecule has 6 heteroatoms. The average Bonchev–Trinajstić information content (AvgIpc) is 2.93. The molecule has 0 N–H and O–H groups in total. The van der Waals surface area contributed by atoms with Gasteiger partial charge in [0.15, 0.2) is 6.10 Å². The van der Waals surface area contributed by atoms with Crippen molar-refractivity contribution in [1.82, 2.24) is 4.57 Å². The maximum Gasteiger partial charge on any atom is 0.333 e. The number of hydrogen-bond acceptors (Lipinski definition) is 3. The largest absolute Gasteiger partial charge is 1.00 e. The molecular weight excluding hydrogens is 419 g/mol. The van der Waals surface area contributed by atoms with Crippen LogP contribution in [0.2, 0.25) is 0 Å². The van der Waals surface area contributed by atoms with E-state index in [1.54, 1.807) is 6.92 Å². The molecule has 1 atom stereocenters. The van der Waals surface area contributed by atoms with E-state index in [0.717, 1.165) is 5.56 Å². The number of ether oxygens (including phenoxy) is 2. The van der Waals surface area contributed by atoms with Crippen molar-refractivity contribution in [2.24, 2.45) is 7.05 Å². The number of halogens is 1. The van der Waals surface area contributed by atoms with E-state index in [2.05, 4.69) is 6.58 Å². The molecule has 0 fully saturated rings. The molecule has 2 aromatic rings. The summed E-state index contributed by atoms with van der Waals surface area (Å²) < 4.78 is 15.1. The van der Waals surface area contributed by atoms with Gasteiger partial charge in [-0.3, -0.25) is 0 Å². The molecule has 0 spiro atoms. The first kappa shape index (κ1) is 20.4. The molecule has 2 rings (SSSR count). The number of aromatic nitrogens is 2. The van der Waals surface area contributed by atoms with Gasteiger partial charge in [-0.1, -0.05) is 36.9 Å². The van der Waals surface area contributed by atoms with Gasteiger partial charge in [-0.15, -0.1) is 0 Å². The summed E-state index contributed by atoms with van der Waals surface area (Å²) >= 11 is 0. The Bertz CT molecular complexity index is 655. The van der Waals surface area contributed by atoms with E-state index < -0.39 is 5.97 Å². The van der Waals surface area contributed by atoms with Crippen LogP contribution >= 0.6 is 0 Å². The predicted molar refractivity (Wildman–Crippen MR) is 86.4 cm³/mol. The van der Waals surface area contributed by atoms with Crippen LogP contribution in [0.4, 0.5) is 0 Å². The van der Waals surface area contributed by atoms with E-state index in [-0.39, 0.29) is 30.1 Å². The molecule has 0 aliphatic heterocycles. The molecule has 130 valence electrons. The first-order valence-corrected chi connectivity index (χ1v) is 7.54. The van der Waals surface area contributed by atoms with Crippen LogP contribution in [0.1, 0.15) is 12.5 Å². The zero-order valence-corrected chi connectivity index (χ0v) is 16.2. The van der Waals surface area contributed by atoms with E-state index in [1.165, 1.54) is 0 Å². The number of hydrogen-bond donors (Lipinski definition) is 0. The van der Waals surface area contributed by atoms with Gasteiger partial charge < -0.3 is 33.5 Å². The normalized spacial score (nSPS) is 11.4. The molecule has 0 aliphatic rings. The van der Waals surface area contributed by atoms with Crippen molar-refractivity contribution in [3.63, 3.8) is 0 Å². The van der Waals surface area contributed by atoms with Gasteiger partial charge in [0.1, 0.15) is 18.9 Å². The molecule has 0 saturated carbocycles. The van der Waals surface area contributed by atoms with Gasteiger partial charge in [-0.25, -0.2) is 13.9 Å². The highest BCUT2D eigenvalue weighted by Gasteiger charge is 2.19. The topological polar surface area (TPSA) is 44.3 Å². The van der Waals surface area contributed by atoms with E-state index in [4.69, 9.17) is 9.47 Å². The van der Waals surface area contributed by atoms with Gasteiger partial charge in [0.2, 0.25) is 6.33 Å². The lowest BCUT2D eigenvalue weighted by molar-refractivity contribution is -0.671. The minimum Gasteiger partial charge on any atom is -1.00 e. The Hall–Kier alpha value is -1.67. The molecule has 1 aromatic carbocycles. The maximum atomic E-state index is 11.8. The molecule has 0 amide bonds. The Kier molecular flexibility index (Phi) is 8.70. The van der Waals surface area contributed by atoms with Gasteiger partial charge in [0.25, 0.3) is 0 Å². The number of carbonyl (C=O) groups excluding carboxylic acids is 1. The van der Waals surface area contributed by atoms with Crippen LogP contribution in [0.3, 0.4) is 0 Å². The first-order valence-electron chi connectivity index (χ1n) is 7.54. The van der Waals surface area contributed by atoms with Gasteiger partial charge >= 0.3 is 5.97 Å². The Morgan fingerprint density at radius 1 is 1.33 bits per heavy atom. The summed E-state index contributed by atoms with van der Waals surface area (Å²) in [4.78, 5) is 11.8. The monoisotopic (exact) mass is 442 g/mol. The maximum absolute atomic E-state index is 11.8. The standard InChI is InChI=1S/C18H23N2O3.HI/c1-15(2)18(21)23-17(11-20-10-9-19(3)14-20)13-22-12-16-7-5-4-6-8-16;/h4-10,14,17H,1,11-13H2,2-3H3;1H/q+1;/p-1. The average molecular weight is 442 g/mol. The highest BCUT2D eigenvalue weighted by molar-refractivity contribution is 5.87. The van der Waals surface area contributed by atoms with Crippen molar-refractivity contribution < 1.29 is 42.8 Å². The Labute approximate surface area is 159 Å². The fourth-order valence-electron chi connectivity index (χ4n) is 2.10. The molecule has 1 aromatic heterocycles. The minimum atomic E-state index is -0.394. The van der Waals surface area contributed by atoms with Crippen molar-refractivity contribution in [3.8, 4) is 0 Å². The summed E-state index contributed by atoms with van der Waals surface area (Å²) in [7, 11) is 1.94. The van der Waals surface area contributed by atoms with Crippen molar-refractivity contribution >= 4 is 5.97 Å². The van der Waals surface area contributed by atoms with Crippen molar-refractivity contribution in [2.45, 2.75) is 26.2 Å². The summed E-state index contributed by atoms with van der Waals surface area (Å²) in [5, 5.41) is 0. The van der Waals surface area contributed by atoms with Gasteiger partial charge in [0.05, 0.1) is 20.3 Å². The SMILES string of the molecule is C=C(C)C(=O)OC(COCc1ccccc1)Cn1cc[n+](C)c1.[I-]. The first-order chi connectivity index (χ1) is 11.0. The molecule has 5 nitrogen and oxygen atoms in total. The molecular formula is C18H23IN2O3. The smallest absolute Gasteiger partial charge is 0.333 e. The van der Waals surface area contributed by atoms with E-state index in [1.807, 2.05) is 65.2 Å².